The highest BCUT2D eigenvalue weighted by atomic mass is 35.5. The maximum absolute atomic E-state index is 12.8. The van der Waals surface area contributed by atoms with Crippen molar-refractivity contribution in [2.45, 2.75) is 12.5 Å². The largest absolute Gasteiger partial charge is 0.573 e. The molecule has 0 aliphatic heterocycles. The van der Waals surface area contributed by atoms with Crippen LogP contribution in [0.4, 0.5) is 43.9 Å². The van der Waals surface area contributed by atoms with E-state index in [1.54, 1.807) is 0 Å². The minimum atomic E-state index is -4.80. The molecule has 2 N–H and O–H groups in total. The van der Waals surface area contributed by atoms with Crippen LogP contribution in [-0.2, 0) is 6.18 Å². The number of rotatable bonds is 6. The number of nitrogens with zero attached hydrogens (tertiary/aromatic N) is 4. The zero-order valence-electron chi connectivity index (χ0n) is 15.5. The van der Waals surface area contributed by atoms with Gasteiger partial charge in [0.25, 0.3) is 0 Å². The Labute approximate surface area is 181 Å². The second kappa shape index (κ2) is 9.26. The van der Waals surface area contributed by atoms with E-state index in [-0.39, 0.29) is 22.9 Å². The summed E-state index contributed by atoms with van der Waals surface area (Å²) in [6.45, 7) is 0. The second-order valence-electron chi connectivity index (χ2n) is 5.94. The molecule has 168 valence electrons. The zero-order chi connectivity index (χ0) is 23.4. The Morgan fingerprint density at radius 3 is 2.25 bits per heavy atom. The molecule has 0 aliphatic carbocycles. The van der Waals surface area contributed by atoms with Gasteiger partial charge in [0.2, 0.25) is 17.2 Å². The average molecular weight is 477 g/mol. The van der Waals surface area contributed by atoms with Gasteiger partial charge in [-0.3, -0.25) is 0 Å². The average Bonchev–Trinajstić information content (AvgIpc) is 2.67. The van der Waals surface area contributed by atoms with Gasteiger partial charge in [-0.15, -0.1) is 13.2 Å². The summed E-state index contributed by atoms with van der Waals surface area (Å²) in [5.74, 6) is -0.666. The summed E-state index contributed by atoms with van der Waals surface area (Å²) in [6, 6.07) is 9.23. The number of anilines is 3. The van der Waals surface area contributed by atoms with Crippen LogP contribution >= 0.6 is 11.6 Å². The van der Waals surface area contributed by atoms with Gasteiger partial charge in [0, 0.05) is 5.69 Å². The van der Waals surface area contributed by atoms with Gasteiger partial charge in [0.15, 0.2) is 0 Å². The number of ether oxygens (including phenoxy) is 1. The highest BCUT2D eigenvalue weighted by Crippen LogP contribution is 2.31. The Balaban J connectivity index is 1.67. The molecule has 0 radical (unpaired) electrons. The smallest absolute Gasteiger partial charge is 0.406 e. The van der Waals surface area contributed by atoms with E-state index in [2.05, 4.69) is 35.5 Å². The Kier molecular flexibility index (Phi) is 6.67. The molecule has 0 spiro atoms. The van der Waals surface area contributed by atoms with E-state index in [4.69, 9.17) is 11.6 Å². The van der Waals surface area contributed by atoms with E-state index in [9.17, 15) is 26.3 Å². The SMILES string of the molecule is FC(F)(F)Oc1ccc(/C=N/Nc2nc(Cl)nc(Nc3cccc(C(F)(F)F)c3)n2)cc1. The summed E-state index contributed by atoms with van der Waals surface area (Å²) < 4.78 is 78.8. The monoisotopic (exact) mass is 476 g/mol. The number of hydrazone groups is 1. The van der Waals surface area contributed by atoms with Gasteiger partial charge in [-0.05, 0) is 59.6 Å². The van der Waals surface area contributed by atoms with Crippen molar-refractivity contribution in [2.75, 3.05) is 10.7 Å². The lowest BCUT2D eigenvalue weighted by Gasteiger charge is -2.10. The third kappa shape index (κ3) is 6.97. The molecule has 0 unspecified atom stereocenters. The molecule has 0 bridgehead atoms. The fourth-order valence-electron chi connectivity index (χ4n) is 2.28. The van der Waals surface area contributed by atoms with Crippen molar-refractivity contribution in [3.05, 3.63) is 64.9 Å². The Morgan fingerprint density at radius 1 is 0.906 bits per heavy atom. The third-order valence-electron chi connectivity index (χ3n) is 3.55. The lowest BCUT2D eigenvalue weighted by molar-refractivity contribution is -0.274. The van der Waals surface area contributed by atoms with Crippen molar-refractivity contribution in [1.82, 2.24) is 15.0 Å². The van der Waals surface area contributed by atoms with E-state index in [0.29, 0.717) is 5.56 Å². The standard InChI is InChI=1S/C18H11ClF6N6O/c19-14-28-15(27-12-3-1-2-11(8-12)17(20,21)22)30-16(29-14)31-26-9-10-4-6-13(7-5-10)32-18(23,24)25/h1-9H,(H2,27,28,29,30,31)/b26-9+. The van der Waals surface area contributed by atoms with Gasteiger partial charge >= 0.3 is 12.5 Å². The lowest BCUT2D eigenvalue weighted by Crippen LogP contribution is -2.17. The normalized spacial score (nSPS) is 12.1. The molecule has 0 saturated heterocycles. The summed E-state index contributed by atoms with van der Waals surface area (Å²) in [5, 5.41) is 6.15. The van der Waals surface area contributed by atoms with Crippen molar-refractivity contribution in [1.29, 1.82) is 0 Å². The molecule has 0 saturated carbocycles. The molecule has 3 rings (SSSR count). The zero-order valence-corrected chi connectivity index (χ0v) is 16.3. The van der Waals surface area contributed by atoms with Gasteiger partial charge in [-0.2, -0.15) is 33.2 Å². The van der Waals surface area contributed by atoms with Crippen LogP contribution in [0.5, 0.6) is 5.75 Å². The number of alkyl halides is 6. The maximum Gasteiger partial charge on any atom is 0.573 e. The summed E-state index contributed by atoms with van der Waals surface area (Å²) in [6.07, 6.45) is -8.06. The number of hydrogen-bond donors (Lipinski definition) is 2. The number of benzene rings is 2. The van der Waals surface area contributed by atoms with Crippen LogP contribution in [0.15, 0.2) is 53.6 Å². The second-order valence-corrected chi connectivity index (χ2v) is 6.28. The van der Waals surface area contributed by atoms with Crippen LogP contribution in [0.3, 0.4) is 0 Å². The minimum absolute atomic E-state index is 0.0673. The quantitative estimate of drug-likeness (QED) is 0.272. The van der Waals surface area contributed by atoms with E-state index in [1.165, 1.54) is 30.5 Å². The molecule has 7 nitrogen and oxygen atoms in total. The van der Waals surface area contributed by atoms with Crippen molar-refractivity contribution in [2.24, 2.45) is 5.10 Å². The minimum Gasteiger partial charge on any atom is -0.406 e. The number of halogens is 7. The fraction of sp³-hybridized carbons (Fsp3) is 0.111. The number of nitrogens with one attached hydrogen (secondary N) is 2. The van der Waals surface area contributed by atoms with Gasteiger partial charge < -0.3 is 10.1 Å². The van der Waals surface area contributed by atoms with E-state index < -0.39 is 23.9 Å². The number of aromatic nitrogens is 3. The van der Waals surface area contributed by atoms with Crippen LogP contribution in [0.25, 0.3) is 0 Å². The summed E-state index contributed by atoms with van der Waals surface area (Å²) in [5.41, 5.74) is 2.07. The van der Waals surface area contributed by atoms with Crippen molar-refractivity contribution >= 4 is 35.4 Å². The van der Waals surface area contributed by atoms with Crippen LogP contribution in [0, 0.1) is 0 Å². The first-order chi connectivity index (χ1) is 15.0. The fourth-order valence-corrected chi connectivity index (χ4v) is 2.44. The molecule has 0 atom stereocenters. The first kappa shape index (κ1) is 23.1. The molecule has 14 heteroatoms. The molecule has 0 fully saturated rings. The Hall–Kier alpha value is -3.61. The summed E-state index contributed by atoms with van der Waals surface area (Å²) in [4.78, 5) is 11.5. The Bertz CT molecular complexity index is 1100. The molecule has 32 heavy (non-hydrogen) atoms. The van der Waals surface area contributed by atoms with E-state index in [0.717, 1.165) is 24.3 Å². The highest BCUT2D eigenvalue weighted by Gasteiger charge is 2.31. The van der Waals surface area contributed by atoms with Gasteiger partial charge in [0.1, 0.15) is 5.75 Å². The highest BCUT2D eigenvalue weighted by molar-refractivity contribution is 6.28. The topological polar surface area (TPSA) is 84.3 Å². The summed E-state index contributed by atoms with van der Waals surface area (Å²) in [7, 11) is 0. The third-order valence-corrected chi connectivity index (χ3v) is 3.72. The molecular weight excluding hydrogens is 466 g/mol. The van der Waals surface area contributed by atoms with Crippen LogP contribution in [-0.4, -0.2) is 27.5 Å². The van der Waals surface area contributed by atoms with Crippen LogP contribution < -0.4 is 15.5 Å². The van der Waals surface area contributed by atoms with Gasteiger partial charge in [0.05, 0.1) is 11.8 Å². The molecule has 1 heterocycles. The maximum atomic E-state index is 12.8. The van der Waals surface area contributed by atoms with Crippen molar-refractivity contribution < 1.29 is 31.1 Å². The Morgan fingerprint density at radius 2 is 1.59 bits per heavy atom. The van der Waals surface area contributed by atoms with Gasteiger partial charge in [-0.1, -0.05) is 6.07 Å². The first-order valence-electron chi connectivity index (χ1n) is 8.49. The number of hydrogen-bond acceptors (Lipinski definition) is 7. The first-order valence-corrected chi connectivity index (χ1v) is 8.86. The van der Waals surface area contributed by atoms with E-state index in [1.807, 2.05) is 0 Å². The summed E-state index contributed by atoms with van der Waals surface area (Å²) >= 11 is 5.81. The molecule has 1 aromatic heterocycles. The van der Waals surface area contributed by atoms with Crippen molar-refractivity contribution in [3.63, 3.8) is 0 Å². The van der Waals surface area contributed by atoms with Crippen LogP contribution in [0.2, 0.25) is 5.28 Å². The van der Waals surface area contributed by atoms with E-state index >= 15 is 0 Å². The van der Waals surface area contributed by atoms with Crippen molar-refractivity contribution in [3.8, 4) is 5.75 Å². The lowest BCUT2D eigenvalue weighted by atomic mass is 10.2. The molecular formula is C18H11ClF6N6O. The molecule has 0 amide bonds. The predicted molar refractivity (Wildman–Crippen MR) is 104 cm³/mol. The predicted octanol–water partition coefficient (Wildman–Crippen LogP) is 5.63. The van der Waals surface area contributed by atoms with Gasteiger partial charge in [-0.25, -0.2) is 5.43 Å². The molecule has 3 aromatic rings. The molecule has 2 aromatic carbocycles. The molecule has 0 aliphatic rings. The van der Waals surface area contributed by atoms with Crippen LogP contribution in [0.1, 0.15) is 11.1 Å².